The highest BCUT2D eigenvalue weighted by atomic mass is 16.1. The summed E-state index contributed by atoms with van der Waals surface area (Å²) in [4.78, 5) is 15.0. The molecule has 1 aliphatic heterocycles. The van der Waals surface area contributed by atoms with Crippen molar-refractivity contribution in [2.24, 2.45) is 5.10 Å². The lowest BCUT2D eigenvalue weighted by Crippen LogP contribution is -2.32. The molecule has 0 unspecified atom stereocenters. The Morgan fingerprint density at radius 3 is 2.22 bits per heavy atom. The van der Waals surface area contributed by atoms with Crippen LogP contribution in [0.25, 0.3) is 0 Å². The first-order chi connectivity index (χ1) is 11.3. The number of anilines is 1. The summed E-state index contributed by atoms with van der Waals surface area (Å²) in [5.74, 6) is -0.0130. The molecule has 3 rings (SSSR count). The van der Waals surface area contributed by atoms with E-state index in [0.717, 1.165) is 18.8 Å². The van der Waals surface area contributed by atoms with Crippen molar-refractivity contribution >= 4 is 17.2 Å². The molecule has 2 aromatic carbocycles. The molecule has 1 N–H and O–H groups in total. The molecule has 1 heterocycles. The molecule has 0 spiro atoms. The zero-order valence-electron chi connectivity index (χ0n) is 13.1. The van der Waals surface area contributed by atoms with Gasteiger partial charge in [0.15, 0.2) is 0 Å². The lowest BCUT2D eigenvalue weighted by atomic mass is 10.1. The smallest absolute Gasteiger partial charge is 0.210 e. The SMILES string of the molecule is O=C(/C(CN1CCCC1)=N/Nc1ccccc1)c1ccccc1. The number of carbonyl (C=O) groups excluding carboxylic acids is 1. The van der Waals surface area contributed by atoms with Crippen LogP contribution in [0, 0.1) is 0 Å². The Kier molecular flexibility index (Phi) is 5.17. The van der Waals surface area contributed by atoms with Crippen molar-refractivity contribution in [3.05, 3.63) is 66.2 Å². The minimum atomic E-state index is -0.0130. The second-order valence-corrected chi connectivity index (χ2v) is 5.71. The number of carbonyl (C=O) groups is 1. The maximum Gasteiger partial charge on any atom is 0.210 e. The number of para-hydroxylation sites is 1. The molecule has 1 saturated heterocycles. The molecule has 118 valence electrons. The number of benzene rings is 2. The molecule has 0 amide bonds. The summed E-state index contributed by atoms with van der Waals surface area (Å²) in [5.41, 5.74) is 5.13. The Morgan fingerprint density at radius 2 is 1.57 bits per heavy atom. The second-order valence-electron chi connectivity index (χ2n) is 5.71. The van der Waals surface area contributed by atoms with E-state index in [1.165, 1.54) is 12.8 Å². The predicted octanol–water partition coefficient (Wildman–Crippen LogP) is 3.43. The standard InChI is InChI=1S/C19H21N3O/c23-19(16-9-3-1-4-10-16)18(15-22-13-7-8-14-22)21-20-17-11-5-2-6-12-17/h1-6,9-12,20H,7-8,13-15H2/b21-18+. The number of hydrogen-bond acceptors (Lipinski definition) is 4. The molecule has 1 fully saturated rings. The number of Topliss-reactive ketones (excluding diaryl/α,β-unsaturated/α-hetero) is 1. The molecule has 23 heavy (non-hydrogen) atoms. The first-order valence-corrected chi connectivity index (χ1v) is 8.02. The number of hydrazone groups is 1. The number of hydrogen-bond donors (Lipinski definition) is 1. The van der Waals surface area contributed by atoms with Gasteiger partial charge < -0.3 is 0 Å². The van der Waals surface area contributed by atoms with E-state index in [-0.39, 0.29) is 5.78 Å². The Labute approximate surface area is 136 Å². The molecule has 0 bridgehead atoms. The maximum absolute atomic E-state index is 12.8. The van der Waals surface area contributed by atoms with Crippen LogP contribution < -0.4 is 5.43 Å². The average Bonchev–Trinajstić information content (AvgIpc) is 3.13. The zero-order chi connectivity index (χ0) is 15.9. The number of ketones is 1. The Bertz CT molecular complexity index is 662. The van der Waals surface area contributed by atoms with Gasteiger partial charge in [-0.05, 0) is 38.1 Å². The van der Waals surface area contributed by atoms with Gasteiger partial charge >= 0.3 is 0 Å². The molecule has 1 aliphatic rings. The first-order valence-electron chi connectivity index (χ1n) is 8.02. The summed E-state index contributed by atoms with van der Waals surface area (Å²) in [6.45, 7) is 2.66. The van der Waals surface area contributed by atoms with E-state index in [0.29, 0.717) is 17.8 Å². The van der Waals surface area contributed by atoms with Crippen LogP contribution in [-0.2, 0) is 0 Å². The van der Waals surface area contributed by atoms with E-state index in [2.05, 4.69) is 15.4 Å². The topological polar surface area (TPSA) is 44.7 Å². The lowest BCUT2D eigenvalue weighted by Gasteiger charge is -2.16. The van der Waals surface area contributed by atoms with Crippen LogP contribution >= 0.6 is 0 Å². The van der Waals surface area contributed by atoms with Gasteiger partial charge in [0.05, 0.1) is 5.69 Å². The van der Waals surface area contributed by atoms with E-state index >= 15 is 0 Å². The Balaban J connectivity index is 1.79. The monoisotopic (exact) mass is 307 g/mol. The van der Waals surface area contributed by atoms with Gasteiger partial charge in [-0.1, -0.05) is 48.5 Å². The van der Waals surface area contributed by atoms with Crippen LogP contribution in [0.5, 0.6) is 0 Å². The highest BCUT2D eigenvalue weighted by molar-refractivity contribution is 6.46. The van der Waals surface area contributed by atoms with E-state index in [1.807, 2.05) is 60.7 Å². The summed E-state index contributed by atoms with van der Waals surface area (Å²) in [6.07, 6.45) is 2.39. The summed E-state index contributed by atoms with van der Waals surface area (Å²) in [6, 6.07) is 19.1. The Morgan fingerprint density at radius 1 is 0.957 bits per heavy atom. The molecule has 2 aromatic rings. The van der Waals surface area contributed by atoms with Gasteiger partial charge in [0.1, 0.15) is 5.71 Å². The molecule has 4 nitrogen and oxygen atoms in total. The molecular weight excluding hydrogens is 286 g/mol. The molecule has 0 atom stereocenters. The van der Waals surface area contributed by atoms with Crippen LogP contribution in [0.3, 0.4) is 0 Å². The van der Waals surface area contributed by atoms with Crippen molar-refractivity contribution in [1.82, 2.24) is 4.90 Å². The van der Waals surface area contributed by atoms with Crippen LogP contribution in [0.4, 0.5) is 5.69 Å². The van der Waals surface area contributed by atoms with E-state index < -0.39 is 0 Å². The number of nitrogens with one attached hydrogen (secondary N) is 1. The minimum absolute atomic E-state index is 0.0130. The van der Waals surface area contributed by atoms with E-state index in [1.54, 1.807) is 0 Å². The van der Waals surface area contributed by atoms with Crippen LogP contribution in [-0.4, -0.2) is 36.0 Å². The summed E-state index contributed by atoms with van der Waals surface area (Å²) >= 11 is 0. The number of nitrogens with zero attached hydrogens (tertiary/aromatic N) is 2. The fraction of sp³-hybridized carbons (Fsp3) is 0.263. The van der Waals surface area contributed by atoms with Crippen molar-refractivity contribution in [1.29, 1.82) is 0 Å². The third-order valence-electron chi connectivity index (χ3n) is 3.96. The maximum atomic E-state index is 12.8. The van der Waals surface area contributed by atoms with Crippen molar-refractivity contribution in [3.63, 3.8) is 0 Å². The third kappa shape index (κ3) is 4.27. The van der Waals surface area contributed by atoms with Crippen molar-refractivity contribution in [2.45, 2.75) is 12.8 Å². The fourth-order valence-corrected chi connectivity index (χ4v) is 2.71. The number of rotatable bonds is 6. The van der Waals surface area contributed by atoms with Gasteiger partial charge in [-0.25, -0.2) is 0 Å². The predicted molar refractivity (Wildman–Crippen MR) is 93.9 cm³/mol. The van der Waals surface area contributed by atoms with E-state index in [9.17, 15) is 4.79 Å². The zero-order valence-corrected chi connectivity index (χ0v) is 13.1. The largest absolute Gasteiger partial charge is 0.297 e. The van der Waals surface area contributed by atoms with Crippen molar-refractivity contribution < 1.29 is 4.79 Å². The molecular formula is C19H21N3O. The van der Waals surface area contributed by atoms with Gasteiger partial charge in [-0.15, -0.1) is 0 Å². The molecule has 0 saturated carbocycles. The Hall–Kier alpha value is -2.46. The normalized spacial score (nSPS) is 15.6. The van der Waals surface area contributed by atoms with Crippen molar-refractivity contribution in [3.8, 4) is 0 Å². The summed E-state index contributed by atoms with van der Waals surface area (Å²) in [5, 5.41) is 4.41. The quantitative estimate of drug-likeness (QED) is 0.505. The third-order valence-corrected chi connectivity index (χ3v) is 3.96. The lowest BCUT2D eigenvalue weighted by molar-refractivity contribution is 0.106. The molecule has 0 aromatic heterocycles. The minimum Gasteiger partial charge on any atom is -0.297 e. The van der Waals surface area contributed by atoms with Crippen LogP contribution in [0.1, 0.15) is 23.2 Å². The highest BCUT2D eigenvalue weighted by Crippen LogP contribution is 2.11. The molecule has 4 heteroatoms. The van der Waals surface area contributed by atoms with Crippen molar-refractivity contribution in [2.75, 3.05) is 25.1 Å². The molecule has 0 radical (unpaired) electrons. The fourth-order valence-electron chi connectivity index (χ4n) is 2.71. The summed E-state index contributed by atoms with van der Waals surface area (Å²) < 4.78 is 0. The van der Waals surface area contributed by atoms with Crippen LogP contribution in [0.2, 0.25) is 0 Å². The molecule has 0 aliphatic carbocycles. The highest BCUT2D eigenvalue weighted by Gasteiger charge is 2.20. The van der Waals surface area contributed by atoms with Gasteiger partial charge in [-0.3, -0.25) is 15.1 Å². The second kappa shape index (κ2) is 7.70. The van der Waals surface area contributed by atoms with Gasteiger partial charge in [0, 0.05) is 12.1 Å². The number of likely N-dealkylation sites (tertiary alicyclic amines) is 1. The van der Waals surface area contributed by atoms with Gasteiger partial charge in [0.2, 0.25) is 5.78 Å². The summed E-state index contributed by atoms with van der Waals surface area (Å²) in [7, 11) is 0. The van der Waals surface area contributed by atoms with Gasteiger partial charge in [-0.2, -0.15) is 5.10 Å². The van der Waals surface area contributed by atoms with Gasteiger partial charge in [0.25, 0.3) is 0 Å². The van der Waals surface area contributed by atoms with E-state index in [4.69, 9.17) is 0 Å². The van der Waals surface area contributed by atoms with Crippen LogP contribution in [0.15, 0.2) is 65.8 Å². The first kappa shape index (κ1) is 15.4. The average molecular weight is 307 g/mol.